The fourth-order valence-electron chi connectivity index (χ4n) is 2.82. The van der Waals surface area contributed by atoms with Crippen LogP contribution in [-0.2, 0) is 17.9 Å². The predicted molar refractivity (Wildman–Crippen MR) is 106 cm³/mol. The fraction of sp³-hybridized carbons (Fsp3) is 0.182. The third-order valence-electron chi connectivity index (χ3n) is 4.22. The van der Waals surface area contributed by atoms with E-state index in [1.165, 1.54) is 35.3 Å². The van der Waals surface area contributed by atoms with Gasteiger partial charge in [-0.1, -0.05) is 48.5 Å². The molecule has 8 heteroatoms. The Hall–Kier alpha value is -3.55. The topological polar surface area (TPSA) is 47.4 Å². The summed E-state index contributed by atoms with van der Waals surface area (Å²) in [6.45, 7) is 0.938. The first-order valence-electron chi connectivity index (χ1n) is 9.13. The van der Waals surface area contributed by atoms with Crippen LogP contribution in [0.3, 0.4) is 0 Å². The highest BCUT2D eigenvalue weighted by Gasteiger charge is 2.31. The maximum absolute atomic E-state index is 12.5. The molecule has 0 aliphatic carbocycles. The quantitative estimate of drug-likeness (QED) is 0.534. The Labute approximate surface area is 172 Å². The Kier molecular flexibility index (Phi) is 6.56. The molecular formula is C22H20F3N3O2. The molecule has 0 radical (unpaired) electrons. The van der Waals surface area contributed by atoms with Gasteiger partial charge in [0.2, 0.25) is 5.91 Å². The van der Waals surface area contributed by atoms with Gasteiger partial charge in [-0.2, -0.15) is 5.10 Å². The lowest BCUT2D eigenvalue weighted by molar-refractivity contribution is -0.274. The molecule has 3 rings (SSSR count). The molecule has 0 N–H and O–H groups in total. The second-order valence-electron chi connectivity index (χ2n) is 6.65. The number of carbonyl (C=O) groups is 1. The SMILES string of the molecule is CN(Cc1cnn(Cc2ccccc2)c1)C(=O)/C=C/c1ccccc1OC(F)(F)F. The monoisotopic (exact) mass is 415 g/mol. The first-order chi connectivity index (χ1) is 14.3. The number of aromatic nitrogens is 2. The number of halogens is 3. The number of carbonyl (C=O) groups excluding carboxylic acids is 1. The molecule has 1 aromatic heterocycles. The van der Waals surface area contributed by atoms with Crippen LogP contribution in [0.1, 0.15) is 16.7 Å². The Morgan fingerprint density at radius 1 is 1.10 bits per heavy atom. The molecule has 0 bridgehead atoms. The summed E-state index contributed by atoms with van der Waals surface area (Å²) in [6.07, 6.45) is 1.26. The maximum atomic E-state index is 12.5. The maximum Gasteiger partial charge on any atom is 0.573 e. The lowest BCUT2D eigenvalue weighted by Crippen LogP contribution is -2.24. The van der Waals surface area contributed by atoms with Crippen molar-refractivity contribution in [3.05, 3.63) is 89.8 Å². The molecule has 5 nitrogen and oxygen atoms in total. The summed E-state index contributed by atoms with van der Waals surface area (Å²) in [7, 11) is 1.61. The molecule has 0 unspecified atom stereocenters. The highest BCUT2D eigenvalue weighted by Crippen LogP contribution is 2.27. The average molecular weight is 415 g/mol. The van der Waals surface area contributed by atoms with Crippen LogP contribution >= 0.6 is 0 Å². The second kappa shape index (κ2) is 9.30. The summed E-state index contributed by atoms with van der Waals surface area (Å²) >= 11 is 0. The number of alkyl halides is 3. The van der Waals surface area contributed by atoms with E-state index in [0.717, 1.165) is 11.1 Å². The average Bonchev–Trinajstić information content (AvgIpc) is 3.13. The van der Waals surface area contributed by atoms with Crippen LogP contribution in [0.4, 0.5) is 13.2 Å². The van der Waals surface area contributed by atoms with Crippen molar-refractivity contribution in [3.8, 4) is 5.75 Å². The third-order valence-corrected chi connectivity index (χ3v) is 4.22. The molecular weight excluding hydrogens is 395 g/mol. The van der Waals surface area contributed by atoms with E-state index in [1.54, 1.807) is 24.0 Å². The minimum Gasteiger partial charge on any atom is -0.405 e. The van der Waals surface area contributed by atoms with Gasteiger partial charge >= 0.3 is 6.36 Å². The number of likely N-dealkylation sites (N-methyl/N-ethyl adjacent to an activating group) is 1. The molecule has 1 amide bonds. The third kappa shape index (κ3) is 6.23. The molecule has 30 heavy (non-hydrogen) atoms. The Bertz CT molecular complexity index is 1010. The van der Waals surface area contributed by atoms with Crippen molar-refractivity contribution in [2.75, 3.05) is 7.05 Å². The van der Waals surface area contributed by atoms with Gasteiger partial charge < -0.3 is 9.64 Å². The molecule has 0 aliphatic heterocycles. The zero-order valence-electron chi connectivity index (χ0n) is 16.2. The molecule has 0 spiro atoms. The highest BCUT2D eigenvalue weighted by atomic mass is 19.4. The van der Waals surface area contributed by atoms with Crippen molar-refractivity contribution in [3.63, 3.8) is 0 Å². The van der Waals surface area contributed by atoms with E-state index in [4.69, 9.17) is 0 Å². The lowest BCUT2D eigenvalue weighted by atomic mass is 10.2. The molecule has 0 saturated heterocycles. The van der Waals surface area contributed by atoms with E-state index in [9.17, 15) is 18.0 Å². The summed E-state index contributed by atoms with van der Waals surface area (Å²) in [4.78, 5) is 13.8. The Morgan fingerprint density at radius 2 is 1.80 bits per heavy atom. The molecule has 3 aromatic rings. The smallest absolute Gasteiger partial charge is 0.405 e. The summed E-state index contributed by atoms with van der Waals surface area (Å²) in [5.74, 6) is -0.716. The Balaban J connectivity index is 1.60. The fourth-order valence-corrected chi connectivity index (χ4v) is 2.82. The largest absolute Gasteiger partial charge is 0.573 e. The van der Waals surface area contributed by atoms with Gasteiger partial charge in [0.1, 0.15) is 5.75 Å². The van der Waals surface area contributed by atoms with Gasteiger partial charge in [0.15, 0.2) is 0 Å². The molecule has 0 fully saturated rings. The van der Waals surface area contributed by atoms with Gasteiger partial charge in [-0.3, -0.25) is 9.48 Å². The van der Waals surface area contributed by atoms with Gasteiger partial charge in [0.05, 0.1) is 12.7 Å². The predicted octanol–water partition coefficient (Wildman–Crippen LogP) is 4.50. The molecule has 0 aliphatic rings. The standard InChI is InChI=1S/C22H20F3N3O2/c1-27(14-18-13-26-28(16-18)15-17-7-3-2-4-8-17)21(29)12-11-19-9-5-6-10-20(19)30-22(23,24)25/h2-13,16H,14-15H2,1H3/b12-11+. The van der Waals surface area contributed by atoms with E-state index >= 15 is 0 Å². The summed E-state index contributed by atoms with van der Waals surface area (Å²) in [5.41, 5.74) is 2.11. The van der Waals surface area contributed by atoms with Gasteiger partial charge in [0, 0.05) is 37.0 Å². The van der Waals surface area contributed by atoms with Gasteiger partial charge in [-0.05, 0) is 17.7 Å². The highest BCUT2D eigenvalue weighted by molar-refractivity contribution is 5.92. The second-order valence-corrected chi connectivity index (χ2v) is 6.65. The molecule has 0 saturated carbocycles. The van der Waals surface area contributed by atoms with Crippen molar-refractivity contribution < 1.29 is 22.7 Å². The molecule has 0 atom stereocenters. The van der Waals surface area contributed by atoms with Gasteiger partial charge in [-0.15, -0.1) is 13.2 Å². The number of nitrogens with zero attached hydrogens (tertiary/aromatic N) is 3. The number of ether oxygens (including phenoxy) is 1. The number of para-hydroxylation sites is 1. The number of rotatable bonds is 7. The van der Waals surface area contributed by atoms with Gasteiger partial charge in [-0.25, -0.2) is 0 Å². The van der Waals surface area contributed by atoms with Crippen LogP contribution < -0.4 is 4.74 Å². The zero-order valence-corrected chi connectivity index (χ0v) is 16.2. The van der Waals surface area contributed by atoms with E-state index < -0.39 is 6.36 Å². The van der Waals surface area contributed by atoms with Crippen molar-refractivity contribution in [1.82, 2.24) is 14.7 Å². The minimum absolute atomic E-state index is 0.159. The lowest BCUT2D eigenvalue weighted by Gasteiger charge is -2.14. The van der Waals surface area contributed by atoms with Crippen LogP contribution in [0.5, 0.6) is 5.75 Å². The van der Waals surface area contributed by atoms with E-state index in [2.05, 4.69) is 9.84 Å². The summed E-state index contributed by atoms with van der Waals surface area (Å²) in [5, 5.41) is 4.30. The van der Waals surface area contributed by atoms with Crippen LogP contribution in [0.25, 0.3) is 6.08 Å². The van der Waals surface area contributed by atoms with Crippen LogP contribution in [0, 0.1) is 0 Å². The number of hydrogen-bond donors (Lipinski definition) is 0. The summed E-state index contributed by atoms with van der Waals surface area (Å²) in [6, 6.07) is 15.5. The zero-order chi connectivity index (χ0) is 21.6. The van der Waals surface area contributed by atoms with E-state index in [-0.39, 0.29) is 17.2 Å². The number of hydrogen-bond acceptors (Lipinski definition) is 3. The first-order valence-corrected chi connectivity index (χ1v) is 9.13. The van der Waals surface area contributed by atoms with Crippen LogP contribution in [0.15, 0.2) is 73.1 Å². The molecule has 2 aromatic carbocycles. The number of amides is 1. The van der Waals surface area contributed by atoms with Gasteiger partial charge in [0.25, 0.3) is 0 Å². The van der Waals surface area contributed by atoms with Crippen LogP contribution in [0.2, 0.25) is 0 Å². The minimum atomic E-state index is -4.80. The molecule has 156 valence electrons. The molecule has 1 heterocycles. The van der Waals surface area contributed by atoms with Crippen molar-refractivity contribution >= 4 is 12.0 Å². The van der Waals surface area contributed by atoms with Crippen molar-refractivity contribution in [1.29, 1.82) is 0 Å². The van der Waals surface area contributed by atoms with Crippen molar-refractivity contribution in [2.24, 2.45) is 0 Å². The van der Waals surface area contributed by atoms with E-state index in [0.29, 0.717) is 13.1 Å². The van der Waals surface area contributed by atoms with Crippen LogP contribution in [-0.4, -0.2) is 34.0 Å². The summed E-state index contributed by atoms with van der Waals surface area (Å²) < 4.78 is 43.3. The van der Waals surface area contributed by atoms with Crippen molar-refractivity contribution in [2.45, 2.75) is 19.5 Å². The number of benzene rings is 2. The Morgan fingerprint density at radius 3 is 2.53 bits per heavy atom. The van der Waals surface area contributed by atoms with E-state index in [1.807, 2.05) is 36.5 Å². The normalized spacial score (nSPS) is 11.6. The first kappa shape index (κ1) is 21.2.